The van der Waals surface area contributed by atoms with Crippen LogP contribution in [0.15, 0.2) is 0 Å². The Bertz CT molecular complexity index is 354. The Hall–Kier alpha value is -0.760. The molecule has 0 aliphatic rings. The summed E-state index contributed by atoms with van der Waals surface area (Å²) < 4.78 is 33.0. The first-order valence-corrected chi connectivity index (χ1v) is 11.1. The molecule has 0 amide bonds. The van der Waals surface area contributed by atoms with Crippen LogP contribution < -0.4 is 5.32 Å². The van der Waals surface area contributed by atoms with Crippen LogP contribution in [0.25, 0.3) is 0 Å². The third-order valence-electron chi connectivity index (χ3n) is 4.10. The summed E-state index contributed by atoms with van der Waals surface area (Å²) in [4.78, 5) is 2.32. The van der Waals surface area contributed by atoms with Gasteiger partial charge in [0.2, 0.25) is 0 Å². The van der Waals surface area contributed by atoms with Crippen molar-refractivity contribution in [1.82, 2.24) is 10.2 Å². The zero-order chi connectivity index (χ0) is 22.0. The SMILES string of the molecule is C#CCOCCOCCOCCOCCN(CCOCCCC)CCOCCNC. The van der Waals surface area contributed by atoms with Crippen LogP contribution in [0, 0.1) is 12.3 Å². The molecule has 0 unspecified atom stereocenters. The number of nitrogens with one attached hydrogen (secondary N) is 1. The second kappa shape index (κ2) is 26.3. The molecule has 0 rings (SSSR count). The van der Waals surface area contributed by atoms with Gasteiger partial charge in [0.05, 0.1) is 66.1 Å². The molecule has 0 aromatic rings. The van der Waals surface area contributed by atoms with Gasteiger partial charge in [-0.05, 0) is 13.5 Å². The smallest absolute Gasteiger partial charge is 0.107 e. The third-order valence-corrected chi connectivity index (χ3v) is 4.10. The van der Waals surface area contributed by atoms with Gasteiger partial charge in [-0.25, -0.2) is 0 Å². The molecule has 0 aliphatic carbocycles. The maximum atomic E-state index is 5.69. The Balaban J connectivity index is 3.62. The lowest BCUT2D eigenvalue weighted by Crippen LogP contribution is -2.34. The number of nitrogens with zero attached hydrogens (tertiary/aromatic N) is 1. The molecule has 0 fully saturated rings. The molecule has 8 nitrogen and oxygen atoms in total. The minimum absolute atomic E-state index is 0.323. The van der Waals surface area contributed by atoms with E-state index in [1.165, 1.54) is 0 Å². The van der Waals surface area contributed by atoms with Crippen LogP contribution in [0.3, 0.4) is 0 Å². The summed E-state index contributed by atoms with van der Waals surface area (Å²) in [7, 11) is 1.93. The highest BCUT2D eigenvalue weighted by molar-refractivity contribution is 4.82. The molecule has 0 aliphatic heterocycles. The first-order chi connectivity index (χ1) is 14.8. The van der Waals surface area contributed by atoms with E-state index in [4.69, 9.17) is 34.8 Å². The summed E-state index contributed by atoms with van der Waals surface area (Å²) in [5.74, 6) is 2.41. The number of ether oxygens (including phenoxy) is 6. The molecule has 30 heavy (non-hydrogen) atoms. The molecular weight excluding hydrogens is 388 g/mol. The number of likely N-dealkylation sites (N-methyl/N-ethyl adjacent to an activating group) is 1. The molecule has 8 heteroatoms. The van der Waals surface area contributed by atoms with Crippen molar-refractivity contribution in [2.24, 2.45) is 0 Å². The fourth-order valence-corrected chi connectivity index (χ4v) is 2.33. The van der Waals surface area contributed by atoms with Gasteiger partial charge in [0.25, 0.3) is 0 Å². The Morgan fingerprint density at radius 3 is 1.63 bits per heavy atom. The first-order valence-electron chi connectivity index (χ1n) is 11.1. The summed E-state index contributed by atoms with van der Waals surface area (Å²) in [6.07, 6.45) is 7.36. The van der Waals surface area contributed by atoms with Crippen LogP contribution in [0.4, 0.5) is 0 Å². The Morgan fingerprint density at radius 2 is 1.13 bits per heavy atom. The van der Waals surface area contributed by atoms with Crippen molar-refractivity contribution in [3.63, 3.8) is 0 Å². The Kier molecular flexibility index (Phi) is 25.6. The van der Waals surface area contributed by atoms with Gasteiger partial charge in [0.15, 0.2) is 0 Å². The fourth-order valence-electron chi connectivity index (χ4n) is 2.33. The van der Waals surface area contributed by atoms with Crippen molar-refractivity contribution in [2.75, 3.05) is 113 Å². The number of terminal acetylenes is 1. The van der Waals surface area contributed by atoms with Gasteiger partial charge < -0.3 is 33.7 Å². The summed E-state index contributed by atoms with van der Waals surface area (Å²) in [6.45, 7) is 12.9. The minimum Gasteiger partial charge on any atom is -0.380 e. The number of hydrogen-bond donors (Lipinski definition) is 1. The van der Waals surface area contributed by atoms with Crippen molar-refractivity contribution < 1.29 is 28.4 Å². The summed E-state index contributed by atoms with van der Waals surface area (Å²) in [6, 6.07) is 0. The molecule has 0 saturated carbocycles. The zero-order valence-corrected chi connectivity index (χ0v) is 19.2. The predicted molar refractivity (Wildman–Crippen MR) is 119 cm³/mol. The molecule has 0 bridgehead atoms. The lowest BCUT2D eigenvalue weighted by atomic mass is 10.4. The van der Waals surface area contributed by atoms with Crippen LogP contribution >= 0.6 is 0 Å². The van der Waals surface area contributed by atoms with E-state index in [0.717, 1.165) is 58.8 Å². The first kappa shape index (κ1) is 29.2. The molecule has 0 aromatic heterocycles. The molecule has 0 spiro atoms. The summed E-state index contributed by atoms with van der Waals surface area (Å²) in [5, 5.41) is 3.08. The Labute approximate surface area is 183 Å². The highest BCUT2D eigenvalue weighted by Gasteiger charge is 2.05. The van der Waals surface area contributed by atoms with Crippen LogP contribution in [0.2, 0.25) is 0 Å². The van der Waals surface area contributed by atoms with Crippen LogP contribution in [0.1, 0.15) is 19.8 Å². The average molecular weight is 433 g/mol. The lowest BCUT2D eigenvalue weighted by molar-refractivity contribution is -0.00319. The van der Waals surface area contributed by atoms with Crippen molar-refractivity contribution in [2.45, 2.75) is 19.8 Å². The highest BCUT2D eigenvalue weighted by Crippen LogP contribution is 1.93. The van der Waals surface area contributed by atoms with E-state index < -0.39 is 0 Å². The van der Waals surface area contributed by atoms with Gasteiger partial charge in [-0.2, -0.15) is 0 Å². The third kappa shape index (κ3) is 23.5. The topological polar surface area (TPSA) is 70.7 Å². The van der Waals surface area contributed by atoms with Crippen LogP contribution in [-0.2, 0) is 28.4 Å². The molecule has 1 N–H and O–H groups in total. The molecule has 0 heterocycles. The van der Waals surface area contributed by atoms with Gasteiger partial charge in [0, 0.05) is 32.8 Å². The van der Waals surface area contributed by atoms with E-state index >= 15 is 0 Å². The van der Waals surface area contributed by atoms with Gasteiger partial charge in [-0.1, -0.05) is 19.3 Å². The molecule has 0 aromatic carbocycles. The van der Waals surface area contributed by atoms with Gasteiger partial charge in [0.1, 0.15) is 6.61 Å². The highest BCUT2D eigenvalue weighted by atomic mass is 16.6. The average Bonchev–Trinajstić information content (AvgIpc) is 2.76. The van der Waals surface area contributed by atoms with Crippen molar-refractivity contribution in [1.29, 1.82) is 0 Å². The zero-order valence-electron chi connectivity index (χ0n) is 19.2. The number of unbranched alkanes of at least 4 members (excludes halogenated alkanes) is 1. The monoisotopic (exact) mass is 432 g/mol. The number of rotatable bonds is 25. The molecule has 178 valence electrons. The summed E-state index contributed by atoms with van der Waals surface area (Å²) >= 11 is 0. The fraction of sp³-hybridized carbons (Fsp3) is 0.909. The maximum Gasteiger partial charge on any atom is 0.107 e. The van der Waals surface area contributed by atoms with E-state index in [1.54, 1.807) is 0 Å². The second-order valence-corrected chi connectivity index (χ2v) is 6.62. The Morgan fingerprint density at radius 1 is 0.667 bits per heavy atom. The van der Waals surface area contributed by atoms with Gasteiger partial charge in [-0.3, -0.25) is 4.90 Å². The van der Waals surface area contributed by atoms with Gasteiger partial charge in [-0.15, -0.1) is 6.42 Å². The number of hydrogen-bond acceptors (Lipinski definition) is 8. The molecule has 0 atom stereocenters. The predicted octanol–water partition coefficient (Wildman–Crippen LogP) is 1.04. The maximum absolute atomic E-state index is 5.69. The standard InChI is InChI=1S/C22H44N2O6/c1-4-6-12-26-14-8-24(9-15-27-13-7-23-3)10-16-28-18-20-30-22-21-29-19-17-25-11-5-2/h2,23H,4,6-22H2,1,3H3. The van der Waals surface area contributed by atoms with E-state index in [-0.39, 0.29) is 0 Å². The summed E-state index contributed by atoms with van der Waals surface area (Å²) in [5.41, 5.74) is 0. The second-order valence-electron chi connectivity index (χ2n) is 6.62. The lowest BCUT2D eigenvalue weighted by Gasteiger charge is -2.22. The van der Waals surface area contributed by atoms with E-state index in [1.807, 2.05) is 7.05 Å². The van der Waals surface area contributed by atoms with Crippen LogP contribution in [0.5, 0.6) is 0 Å². The molecule has 0 radical (unpaired) electrons. The van der Waals surface area contributed by atoms with Crippen molar-refractivity contribution >= 4 is 0 Å². The van der Waals surface area contributed by atoms with E-state index in [9.17, 15) is 0 Å². The van der Waals surface area contributed by atoms with E-state index in [0.29, 0.717) is 59.5 Å². The van der Waals surface area contributed by atoms with Crippen LogP contribution in [-0.4, -0.2) is 117 Å². The molecular formula is C22H44N2O6. The normalized spacial score (nSPS) is 11.3. The quantitative estimate of drug-likeness (QED) is 0.170. The van der Waals surface area contributed by atoms with Crippen molar-refractivity contribution in [3.05, 3.63) is 0 Å². The molecule has 0 saturated heterocycles. The largest absolute Gasteiger partial charge is 0.380 e. The minimum atomic E-state index is 0.323. The van der Waals surface area contributed by atoms with Gasteiger partial charge >= 0.3 is 0 Å². The van der Waals surface area contributed by atoms with E-state index in [2.05, 4.69) is 23.1 Å². The van der Waals surface area contributed by atoms with Crippen molar-refractivity contribution in [3.8, 4) is 12.3 Å².